The van der Waals surface area contributed by atoms with E-state index in [4.69, 9.17) is 9.15 Å². The molecule has 0 bridgehead atoms. The number of ether oxygens (including phenoxy) is 1. The molecule has 2 rings (SSSR count). The Morgan fingerprint density at radius 1 is 1.17 bits per heavy atom. The van der Waals surface area contributed by atoms with E-state index in [-0.39, 0.29) is 5.60 Å². The molecular formula is C20H29NO3. The fourth-order valence-corrected chi connectivity index (χ4v) is 2.57. The Bertz CT molecular complexity index is 602. The summed E-state index contributed by atoms with van der Waals surface area (Å²) in [7, 11) is 0. The van der Waals surface area contributed by atoms with Gasteiger partial charge in [0.05, 0.1) is 31.1 Å². The van der Waals surface area contributed by atoms with Crippen molar-refractivity contribution in [3.63, 3.8) is 0 Å². The maximum atomic E-state index is 10.3. The first-order valence-corrected chi connectivity index (χ1v) is 8.44. The second kappa shape index (κ2) is 8.47. The van der Waals surface area contributed by atoms with Gasteiger partial charge in [-0.05, 0) is 45.4 Å². The van der Waals surface area contributed by atoms with Gasteiger partial charge in [-0.3, -0.25) is 4.90 Å². The quantitative estimate of drug-likeness (QED) is 0.800. The van der Waals surface area contributed by atoms with Gasteiger partial charge in [-0.1, -0.05) is 29.8 Å². The Labute approximate surface area is 145 Å². The van der Waals surface area contributed by atoms with E-state index in [0.717, 1.165) is 12.3 Å². The number of hydrogen-bond acceptors (Lipinski definition) is 4. The first kappa shape index (κ1) is 18.7. The van der Waals surface area contributed by atoms with Crippen molar-refractivity contribution in [1.29, 1.82) is 0 Å². The monoisotopic (exact) mass is 331 g/mol. The number of aryl methyl sites for hydroxylation is 1. The highest BCUT2D eigenvalue weighted by Gasteiger charge is 2.17. The molecule has 0 spiro atoms. The van der Waals surface area contributed by atoms with E-state index in [2.05, 4.69) is 36.1 Å². The van der Waals surface area contributed by atoms with Gasteiger partial charge in [0.1, 0.15) is 5.76 Å². The standard InChI is InChI=1S/C20H29NO3/c1-16-7-5-8-17(11-16)12-21(14-19-9-6-10-23-19)13-18(22)15-24-20(2,3)4/h5-11,18,22H,12-15H2,1-4H3/t18-/m0/s1. The molecule has 0 fully saturated rings. The van der Waals surface area contributed by atoms with Gasteiger partial charge in [0, 0.05) is 13.1 Å². The number of nitrogens with zero attached hydrogens (tertiary/aromatic N) is 1. The maximum absolute atomic E-state index is 10.3. The van der Waals surface area contributed by atoms with Crippen LogP contribution in [-0.2, 0) is 17.8 Å². The summed E-state index contributed by atoms with van der Waals surface area (Å²) in [4.78, 5) is 2.18. The van der Waals surface area contributed by atoms with E-state index < -0.39 is 6.10 Å². The number of rotatable bonds is 8. The van der Waals surface area contributed by atoms with Gasteiger partial charge in [-0.25, -0.2) is 0 Å². The Morgan fingerprint density at radius 2 is 1.96 bits per heavy atom. The van der Waals surface area contributed by atoms with Crippen molar-refractivity contribution >= 4 is 0 Å². The Hall–Kier alpha value is -1.62. The molecule has 0 radical (unpaired) electrons. The minimum absolute atomic E-state index is 0.247. The normalized spacial score (nSPS) is 13.4. The molecule has 0 amide bonds. The van der Waals surface area contributed by atoms with Crippen molar-refractivity contribution in [3.05, 3.63) is 59.5 Å². The van der Waals surface area contributed by atoms with E-state index in [9.17, 15) is 5.11 Å². The second-order valence-electron chi connectivity index (χ2n) is 7.32. The van der Waals surface area contributed by atoms with Crippen molar-refractivity contribution in [2.45, 2.75) is 52.5 Å². The summed E-state index contributed by atoms with van der Waals surface area (Å²) in [5.41, 5.74) is 2.22. The predicted octanol–water partition coefficient (Wildman–Crippen LogP) is 3.77. The van der Waals surface area contributed by atoms with Gasteiger partial charge in [0.15, 0.2) is 0 Å². The lowest BCUT2D eigenvalue weighted by molar-refractivity contribution is -0.0576. The largest absolute Gasteiger partial charge is 0.468 e. The molecule has 0 unspecified atom stereocenters. The third-order valence-electron chi connectivity index (χ3n) is 3.63. The summed E-state index contributed by atoms with van der Waals surface area (Å²) in [6, 6.07) is 12.3. The van der Waals surface area contributed by atoms with E-state index in [1.807, 2.05) is 32.9 Å². The minimum Gasteiger partial charge on any atom is -0.468 e. The fourth-order valence-electron chi connectivity index (χ4n) is 2.57. The number of benzene rings is 1. The zero-order chi connectivity index (χ0) is 17.6. The van der Waals surface area contributed by atoms with Gasteiger partial charge in [0.25, 0.3) is 0 Å². The Balaban J connectivity index is 1.99. The molecule has 0 aliphatic heterocycles. The molecule has 4 heteroatoms. The summed E-state index contributed by atoms with van der Waals surface area (Å²) < 4.78 is 11.2. The van der Waals surface area contributed by atoms with Crippen molar-refractivity contribution in [2.75, 3.05) is 13.2 Å². The molecule has 1 atom stereocenters. The van der Waals surface area contributed by atoms with E-state index >= 15 is 0 Å². The lowest BCUT2D eigenvalue weighted by atomic mass is 10.1. The van der Waals surface area contributed by atoms with Crippen LogP contribution in [0.25, 0.3) is 0 Å². The SMILES string of the molecule is Cc1cccc(CN(Cc2ccco2)C[C@H](O)COC(C)(C)C)c1. The lowest BCUT2D eigenvalue weighted by Gasteiger charge is -2.27. The van der Waals surface area contributed by atoms with E-state index in [1.54, 1.807) is 6.26 Å². The van der Waals surface area contributed by atoms with Crippen LogP contribution in [0.4, 0.5) is 0 Å². The average Bonchev–Trinajstić information content (AvgIpc) is 2.97. The summed E-state index contributed by atoms with van der Waals surface area (Å²) in [5, 5.41) is 10.3. The highest BCUT2D eigenvalue weighted by molar-refractivity contribution is 5.22. The van der Waals surface area contributed by atoms with Crippen LogP contribution in [0.15, 0.2) is 47.1 Å². The maximum Gasteiger partial charge on any atom is 0.117 e. The third kappa shape index (κ3) is 6.87. The van der Waals surface area contributed by atoms with Crippen LogP contribution < -0.4 is 0 Å². The fraction of sp³-hybridized carbons (Fsp3) is 0.500. The molecule has 2 aromatic rings. The average molecular weight is 331 g/mol. The van der Waals surface area contributed by atoms with Crippen LogP contribution in [-0.4, -0.2) is 34.9 Å². The van der Waals surface area contributed by atoms with Gasteiger partial charge < -0.3 is 14.3 Å². The van der Waals surface area contributed by atoms with Gasteiger partial charge in [0.2, 0.25) is 0 Å². The zero-order valence-corrected chi connectivity index (χ0v) is 15.2. The van der Waals surface area contributed by atoms with Crippen molar-refractivity contribution in [1.82, 2.24) is 4.90 Å². The number of hydrogen-bond donors (Lipinski definition) is 1. The lowest BCUT2D eigenvalue weighted by Crippen LogP contribution is -2.36. The molecule has 0 saturated heterocycles. The van der Waals surface area contributed by atoms with E-state index in [0.29, 0.717) is 19.7 Å². The van der Waals surface area contributed by atoms with Crippen LogP contribution in [0.1, 0.15) is 37.7 Å². The third-order valence-corrected chi connectivity index (χ3v) is 3.63. The second-order valence-corrected chi connectivity index (χ2v) is 7.32. The Kier molecular flexibility index (Phi) is 6.60. The smallest absolute Gasteiger partial charge is 0.117 e. The highest BCUT2D eigenvalue weighted by Crippen LogP contribution is 2.14. The molecule has 4 nitrogen and oxygen atoms in total. The van der Waals surface area contributed by atoms with Gasteiger partial charge >= 0.3 is 0 Å². The van der Waals surface area contributed by atoms with Crippen LogP contribution in [0.2, 0.25) is 0 Å². The summed E-state index contributed by atoms with van der Waals surface area (Å²) in [6.45, 7) is 10.3. The molecule has 0 saturated carbocycles. The van der Waals surface area contributed by atoms with E-state index in [1.165, 1.54) is 11.1 Å². The topological polar surface area (TPSA) is 45.8 Å². The van der Waals surface area contributed by atoms with Gasteiger partial charge in [-0.2, -0.15) is 0 Å². The van der Waals surface area contributed by atoms with Crippen molar-refractivity contribution < 1.29 is 14.3 Å². The molecule has 1 aromatic heterocycles. The summed E-state index contributed by atoms with van der Waals surface area (Å²) >= 11 is 0. The minimum atomic E-state index is -0.538. The highest BCUT2D eigenvalue weighted by atomic mass is 16.5. The first-order valence-electron chi connectivity index (χ1n) is 8.44. The Morgan fingerprint density at radius 3 is 2.58 bits per heavy atom. The molecule has 1 N–H and O–H groups in total. The molecule has 0 aliphatic carbocycles. The predicted molar refractivity (Wildman–Crippen MR) is 95.7 cm³/mol. The number of aliphatic hydroxyl groups is 1. The first-order chi connectivity index (χ1) is 11.3. The molecule has 0 aliphatic rings. The molecule has 1 aromatic carbocycles. The van der Waals surface area contributed by atoms with Crippen LogP contribution in [0.3, 0.4) is 0 Å². The number of furan rings is 1. The molecule has 24 heavy (non-hydrogen) atoms. The molecule has 1 heterocycles. The van der Waals surface area contributed by atoms with Crippen LogP contribution in [0.5, 0.6) is 0 Å². The van der Waals surface area contributed by atoms with Crippen molar-refractivity contribution in [3.8, 4) is 0 Å². The van der Waals surface area contributed by atoms with Crippen LogP contribution in [0, 0.1) is 6.92 Å². The molecule has 132 valence electrons. The number of aliphatic hydroxyl groups excluding tert-OH is 1. The van der Waals surface area contributed by atoms with Gasteiger partial charge in [-0.15, -0.1) is 0 Å². The zero-order valence-electron chi connectivity index (χ0n) is 15.2. The molecular weight excluding hydrogens is 302 g/mol. The van der Waals surface area contributed by atoms with Crippen molar-refractivity contribution in [2.24, 2.45) is 0 Å². The summed E-state index contributed by atoms with van der Waals surface area (Å²) in [5.74, 6) is 0.895. The summed E-state index contributed by atoms with van der Waals surface area (Å²) in [6.07, 6.45) is 1.14. The van der Waals surface area contributed by atoms with Crippen LogP contribution >= 0.6 is 0 Å².